The number of anilines is 1. The van der Waals surface area contributed by atoms with E-state index in [1.165, 1.54) is 16.8 Å². The molecule has 0 atom stereocenters. The van der Waals surface area contributed by atoms with E-state index in [1.807, 2.05) is 19.4 Å². The Labute approximate surface area is 113 Å². The van der Waals surface area contributed by atoms with Gasteiger partial charge in [-0.3, -0.25) is 0 Å². The minimum Gasteiger partial charge on any atom is -0.384 e. The third-order valence-electron chi connectivity index (χ3n) is 3.52. The zero-order valence-corrected chi connectivity index (χ0v) is 11.2. The second-order valence-corrected chi connectivity index (χ2v) is 4.69. The summed E-state index contributed by atoms with van der Waals surface area (Å²) in [5.74, 6) is 0. The van der Waals surface area contributed by atoms with Crippen molar-refractivity contribution in [3.8, 4) is 11.3 Å². The number of nitrogens with zero attached hydrogens (tertiary/aromatic N) is 2. The molecule has 4 nitrogen and oxygen atoms in total. The monoisotopic (exact) mass is 257 g/mol. The van der Waals surface area contributed by atoms with Gasteiger partial charge in [0.1, 0.15) is 0 Å². The first-order valence-corrected chi connectivity index (χ1v) is 6.84. The van der Waals surface area contributed by atoms with Crippen LogP contribution >= 0.6 is 0 Å². The molecule has 2 aromatic rings. The van der Waals surface area contributed by atoms with Gasteiger partial charge in [-0.1, -0.05) is 18.2 Å². The molecule has 0 unspecified atom stereocenters. The number of nitrogens with one attached hydrogen (secondary N) is 1. The van der Waals surface area contributed by atoms with Gasteiger partial charge in [0.05, 0.1) is 24.8 Å². The second kappa shape index (κ2) is 5.45. The summed E-state index contributed by atoms with van der Waals surface area (Å²) < 4.78 is 7.58. The fraction of sp³-hybridized carbons (Fsp3) is 0.400. The van der Waals surface area contributed by atoms with Gasteiger partial charge in [-0.05, 0) is 18.9 Å². The average Bonchev–Trinajstić information content (AvgIpc) is 3.07. The Bertz CT molecular complexity index is 562. The number of imidazole rings is 1. The Morgan fingerprint density at radius 2 is 2.37 bits per heavy atom. The van der Waals surface area contributed by atoms with Crippen LogP contribution in [0.25, 0.3) is 11.3 Å². The van der Waals surface area contributed by atoms with Gasteiger partial charge in [0.2, 0.25) is 0 Å². The molecule has 4 heteroatoms. The molecule has 0 saturated carbocycles. The number of para-hydroxylation sites is 1. The van der Waals surface area contributed by atoms with Gasteiger partial charge in [0.25, 0.3) is 0 Å². The summed E-state index contributed by atoms with van der Waals surface area (Å²) in [6, 6.07) is 6.48. The lowest BCUT2D eigenvalue weighted by atomic mass is 10.1. The maximum atomic E-state index is 5.43. The summed E-state index contributed by atoms with van der Waals surface area (Å²) in [6.45, 7) is 5.36. The maximum absolute atomic E-state index is 5.43. The highest BCUT2D eigenvalue weighted by Gasteiger charge is 2.16. The van der Waals surface area contributed by atoms with Crippen LogP contribution in [0.3, 0.4) is 0 Å². The average molecular weight is 257 g/mol. The molecule has 0 bridgehead atoms. The molecule has 1 aromatic heterocycles. The van der Waals surface area contributed by atoms with E-state index >= 15 is 0 Å². The minimum atomic E-state index is 0.725. The summed E-state index contributed by atoms with van der Waals surface area (Å²) in [4.78, 5) is 4.28. The highest BCUT2D eigenvalue weighted by Crippen LogP contribution is 2.33. The number of fused-ring (bicyclic) bond motifs is 1. The summed E-state index contributed by atoms with van der Waals surface area (Å²) >= 11 is 0. The molecule has 0 amide bonds. The molecule has 1 aliphatic heterocycles. The smallest absolute Gasteiger partial charge is 0.0951 e. The zero-order chi connectivity index (χ0) is 13.1. The Balaban J connectivity index is 1.90. The Hall–Kier alpha value is -1.81. The van der Waals surface area contributed by atoms with Crippen LogP contribution in [0.5, 0.6) is 0 Å². The van der Waals surface area contributed by atoms with E-state index in [4.69, 9.17) is 4.74 Å². The molecule has 3 rings (SSSR count). The molecule has 1 N–H and O–H groups in total. The van der Waals surface area contributed by atoms with Crippen molar-refractivity contribution in [2.24, 2.45) is 0 Å². The Morgan fingerprint density at radius 3 is 3.26 bits per heavy atom. The summed E-state index contributed by atoms with van der Waals surface area (Å²) in [5, 5.41) is 3.48. The van der Waals surface area contributed by atoms with Gasteiger partial charge in [-0.2, -0.15) is 0 Å². The van der Waals surface area contributed by atoms with Crippen molar-refractivity contribution < 1.29 is 4.74 Å². The zero-order valence-electron chi connectivity index (χ0n) is 11.2. The first kappa shape index (κ1) is 12.2. The Kier molecular flexibility index (Phi) is 3.51. The molecular formula is C15H19N3O. The summed E-state index contributed by atoms with van der Waals surface area (Å²) in [6.07, 6.45) is 4.92. The van der Waals surface area contributed by atoms with Gasteiger partial charge in [-0.15, -0.1) is 0 Å². The normalized spacial score (nSPS) is 13.3. The van der Waals surface area contributed by atoms with Crippen molar-refractivity contribution in [2.45, 2.75) is 19.9 Å². The largest absolute Gasteiger partial charge is 0.384 e. The van der Waals surface area contributed by atoms with Gasteiger partial charge in [0.15, 0.2) is 0 Å². The van der Waals surface area contributed by atoms with E-state index in [0.717, 1.165) is 38.4 Å². The molecule has 0 spiro atoms. The van der Waals surface area contributed by atoms with Crippen LogP contribution in [0.15, 0.2) is 30.7 Å². The van der Waals surface area contributed by atoms with Crippen LogP contribution < -0.4 is 5.32 Å². The lowest BCUT2D eigenvalue weighted by Crippen LogP contribution is -2.06. The highest BCUT2D eigenvalue weighted by molar-refractivity contribution is 5.79. The molecule has 0 aliphatic carbocycles. The van der Waals surface area contributed by atoms with Crippen LogP contribution in [0.1, 0.15) is 12.5 Å². The Morgan fingerprint density at radius 1 is 1.42 bits per heavy atom. The molecule has 19 heavy (non-hydrogen) atoms. The first-order chi connectivity index (χ1) is 9.40. The molecule has 1 aromatic carbocycles. The number of rotatable bonds is 5. The second-order valence-electron chi connectivity index (χ2n) is 4.69. The number of ether oxygens (including phenoxy) is 1. The lowest BCUT2D eigenvalue weighted by molar-refractivity contribution is 0.139. The predicted octanol–water partition coefficient (Wildman–Crippen LogP) is 2.55. The third kappa shape index (κ3) is 2.36. The number of hydrogen-bond donors (Lipinski definition) is 1. The lowest BCUT2D eigenvalue weighted by Gasteiger charge is -2.12. The quantitative estimate of drug-likeness (QED) is 0.837. The molecule has 0 fully saturated rings. The van der Waals surface area contributed by atoms with Crippen molar-refractivity contribution in [3.63, 3.8) is 0 Å². The van der Waals surface area contributed by atoms with Crippen molar-refractivity contribution in [1.29, 1.82) is 0 Å². The van der Waals surface area contributed by atoms with E-state index in [2.05, 4.69) is 33.1 Å². The topological polar surface area (TPSA) is 39.1 Å². The van der Waals surface area contributed by atoms with Gasteiger partial charge in [0, 0.05) is 30.9 Å². The van der Waals surface area contributed by atoms with Crippen LogP contribution in [0.2, 0.25) is 0 Å². The van der Waals surface area contributed by atoms with E-state index in [9.17, 15) is 0 Å². The third-order valence-corrected chi connectivity index (χ3v) is 3.52. The van der Waals surface area contributed by atoms with Crippen LogP contribution in [0, 0.1) is 0 Å². The predicted molar refractivity (Wildman–Crippen MR) is 76.3 cm³/mol. The molecule has 0 saturated heterocycles. The van der Waals surface area contributed by atoms with E-state index in [1.54, 1.807) is 0 Å². The molecular weight excluding hydrogens is 238 g/mol. The van der Waals surface area contributed by atoms with E-state index < -0.39 is 0 Å². The SMILES string of the molecule is CCOCCn1cncc1-c1cccc2c1NCC2. The molecule has 2 heterocycles. The molecule has 1 aliphatic rings. The van der Waals surface area contributed by atoms with Gasteiger partial charge in [-0.25, -0.2) is 4.98 Å². The minimum absolute atomic E-state index is 0.725. The first-order valence-electron chi connectivity index (χ1n) is 6.84. The fourth-order valence-electron chi connectivity index (χ4n) is 2.58. The standard InChI is InChI=1S/C15H19N3O/c1-2-19-9-8-18-11-16-10-14(18)13-5-3-4-12-6-7-17-15(12)13/h3-5,10-11,17H,2,6-9H2,1H3. The van der Waals surface area contributed by atoms with E-state index in [0.29, 0.717) is 0 Å². The summed E-state index contributed by atoms with van der Waals surface area (Å²) in [5.41, 5.74) is 5.06. The van der Waals surface area contributed by atoms with Crippen molar-refractivity contribution in [1.82, 2.24) is 9.55 Å². The number of benzene rings is 1. The van der Waals surface area contributed by atoms with Crippen molar-refractivity contribution >= 4 is 5.69 Å². The van der Waals surface area contributed by atoms with Crippen LogP contribution in [0.4, 0.5) is 5.69 Å². The molecule has 0 radical (unpaired) electrons. The fourth-order valence-corrected chi connectivity index (χ4v) is 2.58. The van der Waals surface area contributed by atoms with Crippen molar-refractivity contribution in [3.05, 3.63) is 36.3 Å². The van der Waals surface area contributed by atoms with Crippen LogP contribution in [-0.4, -0.2) is 29.3 Å². The molecule has 100 valence electrons. The number of hydrogen-bond acceptors (Lipinski definition) is 3. The van der Waals surface area contributed by atoms with Crippen molar-refractivity contribution in [2.75, 3.05) is 25.1 Å². The van der Waals surface area contributed by atoms with Crippen LogP contribution in [-0.2, 0) is 17.7 Å². The maximum Gasteiger partial charge on any atom is 0.0951 e. The highest BCUT2D eigenvalue weighted by atomic mass is 16.5. The van der Waals surface area contributed by atoms with Gasteiger partial charge < -0.3 is 14.6 Å². The summed E-state index contributed by atoms with van der Waals surface area (Å²) in [7, 11) is 0. The number of aromatic nitrogens is 2. The van der Waals surface area contributed by atoms with E-state index in [-0.39, 0.29) is 0 Å². The van der Waals surface area contributed by atoms with Gasteiger partial charge >= 0.3 is 0 Å².